The van der Waals surface area contributed by atoms with E-state index in [9.17, 15) is 4.79 Å². The van der Waals surface area contributed by atoms with Crippen LogP contribution in [0.1, 0.15) is 38.5 Å². The Hall–Kier alpha value is -2.12. The topological polar surface area (TPSA) is 66.5 Å². The zero-order valence-corrected chi connectivity index (χ0v) is 17.5. The number of benzene rings is 1. The summed E-state index contributed by atoms with van der Waals surface area (Å²) in [6.07, 6.45) is 7.55. The zero-order chi connectivity index (χ0) is 19.7. The third kappa shape index (κ3) is 4.41. The maximum absolute atomic E-state index is 12.3. The highest BCUT2D eigenvalue weighted by molar-refractivity contribution is 7.14. The van der Waals surface area contributed by atoms with Gasteiger partial charge < -0.3 is 20.3 Å². The number of nitrogens with one attached hydrogen (secondary N) is 2. The maximum Gasteiger partial charge on any atom is 0.319 e. The molecule has 1 aliphatic heterocycles. The molecule has 3 fully saturated rings. The van der Waals surface area contributed by atoms with Crippen molar-refractivity contribution < 1.29 is 9.53 Å². The summed E-state index contributed by atoms with van der Waals surface area (Å²) in [4.78, 5) is 19.4. The van der Waals surface area contributed by atoms with E-state index < -0.39 is 0 Å². The SMILES string of the molecule is O=C(Nc1ccc(-c2csc(N3CCOCC3)n2)cc1)NC1CCC2(CC1)CC2. The van der Waals surface area contributed by atoms with E-state index in [0.29, 0.717) is 11.5 Å². The standard InChI is InChI=1S/C22H28N4O2S/c27-20(24-18-5-7-22(8-6-18)9-10-22)23-17-3-1-16(2-4-17)19-15-29-21(25-19)26-11-13-28-14-12-26/h1-4,15,18H,5-14H2,(H2,23,24,27). The molecule has 1 spiro atoms. The molecule has 5 rings (SSSR count). The monoisotopic (exact) mass is 412 g/mol. The molecule has 1 saturated heterocycles. The van der Waals surface area contributed by atoms with Crippen LogP contribution in [0.3, 0.4) is 0 Å². The fourth-order valence-electron chi connectivity index (χ4n) is 4.42. The molecule has 154 valence electrons. The highest BCUT2D eigenvalue weighted by atomic mass is 32.1. The molecule has 2 aromatic rings. The second kappa shape index (κ2) is 7.95. The van der Waals surface area contributed by atoms with Gasteiger partial charge in [0.1, 0.15) is 0 Å². The van der Waals surface area contributed by atoms with E-state index in [2.05, 4.69) is 20.9 Å². The van der Waals surface area contributed by atoms with Crippen molar-refractivity contribution >= 4 is 28.2 Å². The quantitative estimate of drug-likeness (QED) is 0.776. The first kappa shape index (κ1) is 18.9. The number of anilines is 2. The normalized spacial score (nSPS) is 21.2. The van der Waals surface area contributed by atoms with Gasteiger partial charge in [-0.3, -0.25) is 0 Å². The summed E-state index contributed by atoms with van der Waals surface area (Å²) in [5.74, 6) is 0. The molecule has 1 aromatic carbocycles. The third-order valence-corrected chi connectivity index (χ3v) is 7.45. The smallest absolute Gasteiger partial charge is 0.319 e. The van der Waals surface area contributed by atoms with Gasteiger partial charge in [-0.05, 0) is 56.1 Å². The summed E-state index contributed by atoms with van der Waals surface area (Å²) in [5.41, 5.74) is 3.50. The average molecular weight is 413 g/mol. The number of aromatic nitrogens is 1. The molecular weight excluding hydrogens is 384 g/mol. The van der Waals surface area contributed by atoms with Crippen LogP contribution in [0.5, 0.6) is 0 Å². The Bertz CT molecular complexity index is 846. The van der Waals surface area contributed by atoms with Crippen LogP contribution >= 0.6 is 11.3 Å². The Morgan fingerprint density at radius 2 is 1.83 bits per heavy atom. The predicted molar refractivity (Wildman–Crippen MR) is 117 cm³/mol. The molecule has 2 heterocycles. The number of amides is 2. The highest BCUT2D eigenvalue weighted by Gasteiger charge is 2.44. The minimum atomic E-state index is -0.0993. The molecule has 2 N–H and O–H groups in total. The number of ether oxygens (including phenoxy) is 1. The lowest BCUT2D eigenvalue weighted by molar-refractivity contribution is 0.122. The van der Waals surface area contributed by atoms with Gasteiger partial charge in [0.25, 0.3) is 0 Å². The van der Waals surface area contributed by atoms with Crippen molar-refractivity contribution in [1.82, 2.24) is 10.3 Å². The van der Waals surface area contributed by atoms with Gasteiger partial charge in [0.15, 0.2) is 5.13 Å². The summed E-state index contributed by atoms with van der Waals surface area (Å²) in [7, 11) is 0. The lowest BCUT2D eigenvalue weighted by Gasteiger charge is -2.29. The van der Waals surface area contributed by atoms with E-state index >= 15 is 0 Å². The van der Waals surface area contributed by atoms with Gasteiger partial charge in [0.2, 0.25) is 0 Å². The third-order valence-electron chi connectivity index (χ3n) is 6.55. The number of carbonyl (C=O) groups excluding carboxylic acids is 1. The Labute approximate surface area is 175 Å². The van der Waals surface area contributed by atoms with Crippen molar-refractivity contribution in [1.29, 1.82) is 0 Å². The summed E-state index contributed by atoms with van der Waals surface area (Å²) in [6.45, 7) is 3.32. The van der Waals surface area contributed by atoms with Crippen LogP contribution in [0.2, 0.25) is 0 Å². The summed E-state index contributed by atoms with van der Waals surface area (Å²) in [6, 6.07) is 8.15. The number of rotatable bonds is 4. The van der Waals surface area contributed by atoms with E-state index in [4.69, 9.17) is 9.72 Å². The molecule has 1 aromatic heterocycles. The average Bonchev–Trinajstić information content (AvgIpc) is 3.32. The van der Waals surface area contributed by atoms with Gasteiger partial charge in [-0.25, -0.2) is 9.78 Å². The Balaban J connectivity index is 1.15. The molecule has 0 bridgehead atoms. The minimum Gasteiger partial charge on any atom is -0.378 e. The minimum absolute atomic E-state index is 0.0993. The first-order valence-electron chi connectivity index (χ1n) is 10.7. The van der Waals surface area contributed by atoms with Crippen LogP contribution in [-0.2, 0) is 4.74 Å². The predicted octanol–water partition coefficient (Wildman–Crippen LogP) is 4.49. The molecule has 2 saturated carbocycles. The van der Waals surface area contributed by atoms with Crippen molar-refractivity contribution in [3.05, 3.63) is 29.6 Å². The number of carbonyl (C=O) groups is 1. The Morgan fingerprint density at radius 1 is 1.10 bits per heavy atom. The van der Waals surface area contributed by atoms with E-state index in [1.807, 2.05) is 24.3 Å². The summed E-state index contributed by atoms with van der Waals surface area (Å²) >= 11 is 1.67. The summed E-state index contributed by atoms with van der Waals surface area (Å²) < 4.78 is 5.41. The van der Waals surface area contributed by atoms with Crippen molar-refractivity contribution in [2.45, 2.75) is 44.6 Å². The molecule has 0 unspecified atom stereocenters. The molecule has 29 heavy (non-hydrogen) atoms. The second-order valence-corrected chi connectivity index (χ2v) is 9.40. The van der Waals surface area contributed by atoms with Crippen molar-refractivity contribution in [2.24, 2.45) is 5.41 Å². The molecular formula is C22H28N4O2S. The first-order chi connectivity index (χ1) is 14.2. The fraction of sp³-hybridized carbons (Fsp3) is 0.545. The van der Waals surface area contributed by atoms with Gasteiger partial charge in [-0.2, -0.15) is 0 Å². The highest BCUT2D eigenvalue weighted by Crippen LogP contribution is 2.56. The van der Waals surface area contributed by atoms with Crippen LogP contribution in [0.15, 0.2) is 29.6 Å². The number of morpholine rings is 1. The van der Waals surface area contributed by atoms with Crippen LogP contribution < -0.4 is 15.5 Å². The number of thiazole rings is 1. The molecule has 2 amide bonds. The molecule has 7 heteroatoms. The zero-order valence-electron chi connectivity index (χ0n) is 16.7. The number of urea groups is 1. The molecule has 0 atom stereocenters. The molecule has 0 radical (unpaired) electrons. The molecule has 3 aliphatic rings. The van der Waals surface area contributed by atoms with Gasteiger partial charge in [0.05, 0.1) is 18.9 Å². The number of hydrogen-bond acceptors (Lipinski definition) is 5. The van der Waals surface area contributed by atoms with E-state index in [1.54, 1.807) is 11.3 Å². The van der Waals surface area contributed by atoms with Crippen molar-refractivity contribution in [2.75, 3.05) is 36.5 Å². The van der Waals surface area contributed by atoms with Crippen LogP contribution in [0, 0.1) is 5.41 Å². The van der Waals surface area contributed by atoms with E-state index in [0.717, 1.165) is 61.2 Å². The van der Waals surface area contributed by atoms with Gasteiger partial charge in [0, 0.05) is 35.8 Å². The fourth-order valence-corrected chi connectivity index (χ4v) is 5.31. The van der Waals surface area contributed by atoms with Crippen LogP contribution in [0.4, 0.5) is 15.6 Å². The van der Waals surface area contributed by atoms with Gasteiger partial charge >= 0.3 is 6.03 Å². The largest absolute Gasteiger partial charge is 0.378 e. The summed E-state index contributed by atoms with van der Waals surface area (Å²) in [5, 5.41) is 9.25. The molecule has 2 aliphatic carbocycles. The van der Waals surface area contributed by atoms with E-state index in [-0.39, 0.29) is 6.03 Å². The van der Waals surface area contributed by atoms with Gasteiger partial charge in [-0.15, -0.1) is 11.3 Å². The Morgan fingerprint density at radius 3 is 2.52 bits per heavy atom. The van der Waals surface area contributed by atoms with Crippen molar-refractivity contribution in [3.63, 3.8) is 0 Å². The Kier molecular flexibility index (Phi) is 5.18. The van der Waals surface area contributed by atoms with Gasteiger partial charge in [-0.1, -0.05) is 12.1 Å². The van der Waals surface area contributed by atoms with Crippen molar-refractivity contribution in [3.8, 4) is 11.3 Å². The van der Waals surface area contributed by atoms with Crippen LogP contribution in [-0.4, -0.2) is 43.4 Å². The lowest BCUT2D eigenvalue weighted by atomic mass is 9.83. The molecule has 6 nitrogen and oxygen atoms in total. The number of hydrogen-bond donors (Lipinski definition) is 2. The second-order valence-electron chi connectivity index (χ2n) is 8.56. The van der Waals surface area contributed by atoms with Crippen LogP contribution in [0.25, 0.3) is 11.3 Å². The number of nitrogens with zero attached hydrogens (tertiary/aromatic N) is 2. The first-order valence-corrected chi connectivity index (χ1v) is 11.5. The maximum atomic E-state index is 12.3. The lowest BCUT2D eigenvalue weighted by Crippen LogP contribution is -2.40. The van der Waals surface area contributed by atoms with E-state index in [1.165, 1.54) is 25.7 Å².